The number of benzene rings is 1. The van der Waals surface area contributed by atoms with Crippen molar-refractivity contribution in [1.29, 1.82) is 0 Å². The molecule has 20 heavy (non-hydrogen) atoms. The highest BCUT2D eigenvalue weighted by molar-refractivity contribution is 5.73. The quantitative estimate of drug-likeness (QED) is 0.806. The number of nitrogens with zero attached hydrogens (tertiary/aromatic N) is 1. The fourth-order valence-corrected chi connectivity index (χ4v) is 2.19. The van der Waals surface area contributed by atoms with Crippen molar-refractivity contribution in [3.05, 3.63) is 72.1 Å². The van der Waals surface area contributed by atoms with E-state index in [1.165, 1.54) is 5.56 Å². The molecule has 1 unspecified atom stereocenters. The maximum absolute atomic E-state index is 11.0. The van der Waals surface area contributed by atoms with Crippen molar-refractivity contribution in [3.8, 4) is 0 Å². The standard InChI is InChI=1S/C17H20N2O/c18-16(13-15-7-3-1-4-8-15)10-12-19-11-6-2-5-9-17(19)14-20/h1-9,11,14,16H,10,12-13,18H2. The van der Waals surface area contributed by atoms with E-state index in [-0.39, 0.29) is 6.04 Å². The number of carbonyl (C=O) groups is 1. The van der Waals surface area contributed by atoms with E-state index in [2.05, 4.69) is 12.1 Å². The Balaban J connectivity index is 1.86. The summed E-state index contributed by atoms with van der Waals surface area (Å²) in [6, 6.07) is 10.3. The van der Waals surface area contributed by atoms with Crippen molar-refractivity contribution in [2.75, 3.05) is 6.54 Å². The zero-order valence-corrected chi connectivity index (χ0v) is 11.5. The van der Waals surface area contributed by atoms with Crippen LogP contribution in [0.4, 0.5) is 0 Å². The topological polar surface area (TPSA) is 46.3 Å². The van der Waals surface area contributed by atoms with Gasteiger partial charge in [0, 0.05) is 18.8 Å². The molecule has 2 rings (SSSR count). The van der Waals surface area contributed by atoms with Crippen LogP contribution in [0.2, 0.25) is 0 Å². The van der Waals surface area contributed by atoms with E-state index >= 15 is 0 Å². The summed E-state index contributed by atoms with van der Waals surface area (Å²) in [5.74, 6) is 0. The maximum atomic E-state index is 11.0. The molecule has 0 spiro atoms. The summed E-state index contributed by atoms with van der Waals surface area (Å²) >= 11 is 0. The van der Waals surface area contributed by atoms with E-state index in [0.29, 0.717) is 5.70 Å². The molecule has 1 aromatic rings. The molecule has 1 aliphatic heterocycles. The van der Waals surface area contributed by atoms with Gasteiger partial charge in [-0.1, -0.05) is 42.5 Å². The van der Waals surface area contributed by atoms with Crippen LogP contribution in [0.3, 0.4) is 0 Å². The van der Waals surface area contributed by atoms with Crippen LogP contribution < -0.4 is 5.73 Å². The number of hydrogen-bond donors (Lipinski definition) is 1. The van der Waals surface area contributed by atoms with E-state index in [0.717, 1.165) is 25.7 Å². The maximum Gasteiger partial charge on any atom is 0.166 e. The SMILES string of the molecule is NC(CCN1C=CC=CC=C1C=O)Cc1ccccc1. The Hall–Kier alpha value is -2.13. The molecule has 0 bridgehead atoms. The van der Waals surface area contributed by atoms with Gasteiger partial charge in [0.2, 0.25) is 0 Å². The molecule has 0 aliphatic carbocycles. The number of allylic oxidation sites excluding steroid dienone is 5. The first kappa shape index (κ1) is 14.3. The van der Waals surface area contributed by atoms with Crippen LogP contribution in [0.15, 0.2) is 66.5 Å². The monoisotopic (exact) mass is 268 g/mol. The molecule has 1 heterocycles. The minimum absolute atomic E-state index is 0.0925. The van der Waals surface area contributed by atoms with Crippen molar-refractivity contribution in [2.45, 2.75) is 18.9 Å². The predicted molar refractivity (Wildman–Crippen MR) is 81.9 cm³/mol. The van der Waals surface area contributed by atoms with Crippen LogP contribution in [0.25, 0.3) is 0 Å². The third-order valence-electron chi connectivity index (χ3n) is 3.29. The van der Waals surface area contributed by atoms with Gasteiger partial charge >= 0.3 is 0 Å². The second kappa shape index (κ2) is 7.46. The lowest BCUT2D eigenvalue weighted by atomic mass is 10.0. The molecule has 0 saturated heterocycles. The van der Waals surface area contributed by atoms with Gasteiger partial charge in [0.05, 0.1) is 5.70 Å². The summed E-state index contributed by atoms with van der Waals surface area (Å²) in [4.78, 5) is 13.0. The van der Waals surface area contributed by atoms with Crippen molar-refractivity contribution >= 4 is 6.29 Å². The van der Waals surface area contributed by atoms with Gasteiger partial charge in [0.1, 0.15) is 0 Å². The average molecular weight is 268 g/mol. The zero-order valence-electron chi connectivity index (χ0n) is 11.5. The Morgan fingerprint density at radius 1 is 1.15 bits per heavy atom. The molecule has 1 aliphatic rings. The highest BCUT2D eigenvalue weighted by Gasteiger charge is 2.10. The first-order valence-electron chi connectivity index (χ1n) is 6.86. The molecule has 0 aromatic heterocycles. The highest BCUT2D eigenvalue weighted by atomic mass is 16.1. The third kappa shape index (κ3) is 4.21. The molecular formula is C17H20N2O. The molecule has 0 fully saturated rings. The minimum Gasteiger partial charge on any atom is -0.345 e. The molecule has 1 atom stereocenters. The molecule has 0 amide bonds. The molecule has 3 nitrogen and oxygen atoms in total. The van der Waals surface area contributed by atoms with E-state index < -0.39 is 0 Å². The summed E-state index contributed by atoms with van der Waals surface area (Å²) in [5.41, 5.74) is 8.09. The van der Waals surface area contributed by atoms with Gasteiger partial charge in [-0.3, -0.25) is 4.79 Å². The summed E-state index contributed by atoms with van der Waals surface area (Å²) < 4.78 is 0. The van der Waals surface area contributed by atoms with Gasteiger partial charge in [0.15, 0.2) is 6.29 Å². The van der Waals surface area contributed by atoms with Crippen molar-refractivity contribution in [3.63, 3.8) is 0 Å². The summed E-state index contributed by atoms with van der Waals surface area (Å²) in [6.45, 7) is 0.747. The number of nitrogens with two attached hydrogens (primary N) is 1. The van der Waals surface area contributed by atoms with Crippen LogP contribution >= 0.6 is 0 Å². The Bertz CT molecular complexity index is 517. The van der Waals surface area contributed by atoms with Crippen LogP contribution in [0.1, 0.15) is 12.0 Å². The van der Waals surface area contributed by atoms with Gasteiger partial charge < -0.3 is 10.6 Å². The fourth-order valence-electron chi connectivity index (χ4n) is 2.19. The Labute approximate surface area is 120 Å². The largest absolute Gasteiger partial charge is 0.345 e. The Morgan fingerprint density at radius 3 is 2.70 bits per heavy atom. The Kier molecular flexibility index (Phi) is 5.33. The molecule has 2 N–H and O–H groups in total. The van der Waals surface area contributed by atoms with Gasteiger partial charge in [-0.15, -0.1) is 0 Å². The van der Waals surface area contributed by atoms with Gasteiger partial charge in [-0.2, -0.15) is 0 Å². The van der Waals surface area contributed by atoms with Gasteiger partial charge in [-0.05, 0) is 30.6 Å². The normalized spacial score (nSPS) is 15.7. The number of hydrogen-bond acceptors (Lipinski definition) is 3. The molecule has 0 saturated carbocycles. The zero-order chi connectivity index (χ0) is 14.2. The number of carbonyl (C=O) groups excluding carboxylic acids is 1. The molecule has 3 heteroatoms. The predicted octanol–water partition coefficient (Wildman–Crippen LogP) is 2.41. The highest BCUT2D eigenvalue weighted by Crippen LogP contribution is 2.10. The first-order chi connectivity index (χ1) is 9.79. The smallest absolute Gasteiger partial charge is 0.166 e. The molecule has 0 radical (unpaired) electrons. The molecular weight excluding hydrogens is 248 g/mol. The van der Waals surface area contributed by atoms with Crippen molar-refractivity contribution < 1.29 is 4.79 Å². The average Bonchev–Trinajstić information content (AvgIpc) is 2.71. The van der Waals surface area contributed by atoms with Crippen LogP contribution in [0.5, 0.6) is 0 Å². The molecule has 1 aromatic carbocycles. The second-order valence-corrected chi connectivity index (χ2v) is 4.87. The van der Waals surface area contributed by atoms with Crippen LogP contribution in [-0.2, 0) is 11.2 Å². The Morgan fingerprint density at radius 2 is 1.95 bits per heavy atom. The lowest BCUT2D eigenvalue weighted by Crippen LogP contribution is -2.29. The van der Waals surface area contributed by atoms with Crippen molar-refractivity contribution in [2.24, 2.45) is 5.73 Å². The lowest BCUT2D eigenvalue weighted by molar-refractivity contribution is -0.106. The third-order valence-corrected chi connectivity index (χ3v) is 3.29. The van der Waals surface area contributed by atoms with Gasteiger partial charge in [0.25, 0.3) is 0 Å². The van der Waals surface area contributed by atoms with Gasteiger partial charge in [-0.25, -0.2) is 0 Å². The first-order valence-corrected chi connectivity index (χ1v) is 6.86. The minimum atomic E-state index is 0.0925. The summed E-state index contributed by atoms with van der Waals surface area (Å²) in [6.07, 6.45) is 12.0. The van der Waals surface area contributed by atoms with E-state index in [1.807, 2.05) is 53.6 Å². The van der Waals surface area contributed by atoms with Crippen LogP contribution in [0, 0.1) is 0 Å². The van der Waals surface area contributed by atoms with Crippen molar-refractivity contribution in [1.82, 2.24) is 4.90 Å². The summed E-state index contributed by atoms with van der Waals surface area (Å²) in [7, 11) is 0. The summed E-state index contributed by atoms with van der Waals surface area (Å²) in [5, 5.41) is 0. The second-order valence-electron chi connectivity index (χ2n) is 4.87. The fraction of sp³-hybridized carbons (Fsp3) is 0.235. The number of aldehydes is 1. The number of rotatable bonds is 6. The van der Waals surface area contributed by atoms with E-state index in [1.54, 1.807) is 0 Å². The molecule has 104 valence electrons. The van der Waals surface area contributed by atoms with E-state index in [9.17, 15) is 4.79 Å². The lowest BCUT2D eigenvalue weighted by Gasteiger charge is -2.21. The van der Waals surface area contributed by atoms with E-state index in [4.69, 9.17) is 5.73 Å². The van der Waals surface area contributed by atoms with Crippen LogP contribution in [-0.4, -0.2) is 23.8 Å².